The summed E-state index contributed by atoms with van der Waals surface area (Å²) in [5.74, 6) is 2.97. The van der Waals surface area contributed by atoms with Gasteiger partial charge in [-0.1, -0.05) is 24.8 Å². The average molecular weight is 379 g/mol. The molecule has 0 fully saturated rings. The number of carbonyl (C=O) groups excluding carboxylic acids is 1. The number of thiazole rings is 1. The van der Waals surface area contributed by atoms with Crippen LogP contribution < -0.4 is 14.8 Å². The topological polar surface area (TPSA) is 60.5 Å². The van der Waals surface area contributed by atoms with E-state index in [1.54, 1.807) is 30.2 Å². The van der Waals surface area contributed by atoms with E-state index in [2.05, 4.69) is 17.2 Å². The number of carbonyl (C=O) groups is 1. The van der Waals surface area contributed by atoms with Crippen molar-refractivity contribution in [2.75, 3.05) is 26.0 Å². The summed E-state index contributed by atoms with van der Waals surface area (Å²) in [6, 6.07) is 5.89. The predicted octanol–water partition coefficient (Wildman–Crippen LogP) is 3.17. The van der Waals surface area contributed by atoms with Gasteiger partial charge in [0.25, 0.3) is 0 Å². The fraction of sp³-hybridized carbons (Fsp3) is 0.444. The Morgan fingerprint density at radius 1 is 1.52 bits per heavy atom. The molecule has 0 bridgehead atoms. The Kier molecular flexibility index (Phi) is 6.20. The molecule has 2 heterocycles. The zero-order valence-electron chi connectivity index (χ0n) is 14.4. The lowest BCUT2D eigenvalue weighted by atomic mass is 9.96. The number of hydrogen-bond acceptors (Lipinski definition) is 6. The lowest BCUT2D eigenvalue weighted by Crippen LogP contribution is -2.35. The molecule has 7 heteroatoms. The van der Waals surface area contributed by atoms with Crippen LogP contribution in [0.5, 0.6) is 11.5 Å². The summed E-state index contributed by atoms with van der Waals surface area (Å²) in [6.07, 6.45) is 1.23. The van der Waals surface area contributed by atoms with Crippen LogP contribution in [-0.4, -0.2) is 36.9 Å². The first-order chi connectivity index (χ1) is 12.2. The standard InChI is InChI=1S/C18H22N2O3S2/c1-3-24-18-20-14(11-25-18)7-17(21)19-9-12-6-13-4-5-15(22-2)8-16(13)23-10-12/h4-5,8,11-12H,3,6-7,9-10H2,1-2H3,(H,19,21). The molecule has 25 heavy (non-hydrogen) atoms. The summed E-state index contributed by atoms with van der Waals surface area (Å²) in [5, 5.41) is 4.97. The zero-order chi connectivity index (χ0) is 17.6. The SMILES string of the molecule is CCSc1nc(CC(=O)NCC2COc3cc(OC)ccc3C2)cs1. The van der Waals surface area contributed by atoms with Crippen molar-refractivity contribution < 1.29 is 14.3 Å². The van der Waals surface area contributed by atoms with E-state index in [0.29, 0.717) is 19.6 Å². The summed E-state index contributed by atoms with van der Waals surface area (Å²) in [5.41, 5.74) is 2.00. The molecule has 1 unspecified atom stereocenters. The number of ether oxygens (including phenoxy) is 2. The number of hydrogen-bond donors (Lipinski definition) is 1. The van der Waals surface area contributed by atoms with Gasteiger partial charge in [0.1, 0.15) is 15.8 Å². The normalized spacial score (nSPS) is 16.0. The first-order valence-electron chi connectivity index (χ1n) is 8.31. The predicted molar refractivity (Wildman–Crippen MR) is 101 cm³/mol. The molecular formula is C18H22N2O3S2. The minimum Gasteiger partial charge on any atom is -0.497 e. The third-order valence-corrected chi connectivity index (χ3v) is 5.94. The Bertz CT molecular complexity index is 733. The number of fused-ring (bicyclic) bond motifs is 1. The Balaban J connectivity index is 1.47. The molecule has 1 amide bonds. The molecule has 134 valence electrons. The van der Waals surface area contributed by atoms with E-state index in [1.807, 2.05) is 23.6 Å². The molecule has 0 spiro atoms. The summed E-state index contributed by atoms with van der Waals surface area (Å²) < 4.78 is 12.1. The monoisotopic (exact) mass is 378 g/mol. The molecule has 5 nitrogen and oxygen atoms in total. The quantitative estimate of drug-likeness (QED) is 0.750. The van der Waals surface area contributed by atoms with Gasteiger partial charge in [-0.3, -0.25) is 4.79 Å². The van der Waals surface area contributed by atoms with E-state index < -0.39 is 0 Å². The lowest BCUT2D eigenvalue weighted by molar-refractivity contribution is -0.120. The smallest absolute Gasteiger partial charge is 0.226 e. The van der Waals surface area contributed by atoms with Crippen molar-refractivity contribution in [1.29, 1.82) is 0 Å². The molecule has 0 aliphatic carbocycles. The van der Waals surface area contributed by atoms with Crippen LogP contribution in [-0.2, 0) is 17.6 Å². The van der Waals surface area contributed by atoms with Crippen molar-refractivity contribution in [2.24, 2.45) is 5.92 Å². The summed E-state index contributed by atoms with van der Waals surface area (Å²) in [4.78, 5) is 16.6. The number of amides is 1. The number of nitrogens with one attached hydrogen (secondary N) is 1. The van der Waals surface area contributed by atoms with Gasteiger partial charge in [-0.15, -0.1) is 11.3 Å². The Morgan fingerprint density at radius 2 is 2.40 bits per heavy atom. The summed E-state index contributed by atoms with van der Waals surface area (Å²) in [7, 11) is 1.65. The second kappa shape index (κ2) is 8.58. The zero-order valence-corrected chi connectivity index (χ0v) is 16.0. The van der Waals surface area contributed by atoms with Gasteiger partial charge in [-0.25, -0.2) is 4.98 Å². The van der Waals surface area contributed by atoms with Crippen molar-refractivity contribution in [2.45, 2.75) is 24.1 Å². The second-order valence-electron chi connectivity index (χ2n) is 5.87. The van der Waals surface area contributed by atoms with Crippen LogP contribution in [0.1, 0.15) is 18.2 Å². The minimum absolute atomic E-state index is 0.0128. The third-order valence-electron chi connectivity index (χ3n) is 3.99. The summed E-state index contributed by atoms with van der Waals surface area (Å²) >= 11 is 3.30. The van der Waals surface area contributed by atoms with Crippen molar-refractivity contribution in [3.8, 4) is 11.5 Å². The van der Waals surface area contributed by atoms with E-state index in [4.69, 9.17) is 9.47 Å². The maximum absolute atomic E-state index is 12.1. The van der Waals surface area contributed by atoms with Gasteiger partial charge in [0.15, 0.2) is 0 Å². The Hall–Kier alpha value is -1.73. The van der Waals surface area contributed by atoms with E-state index in [-0.39, 0.29) is 11.8 Å². The maximum atomic E-state index is 12.1. The Morgan fingerprint density at radius 3 is 3.20 bits per heavy atom. The molecule has 0 radical (unpaired) electrons. The van der Waals surface area contributed by atoms with Crippen LogP contribution in [0.25, 0.3) is 0 Å². The van der Waals surface area contributed by atoms with Crippen LogP contribution in [0.3, 0.4) is 0 Å². The first kappa shape index (κ1) is 18.1. The second-order valence-corrected chi connectivity index (χ2v) is 8.24. The van der Waals surface area contributed by atoms with Crippen LogP contribution >= 0.6 is 23.1 Å². The van der Waals surface area contributed by atoms with E-state index in [0.717, 1.165) is 39.3 Å². The molecule has 1 aliphatic rings. The molecule has 3 rings (SSSR count). The number of methoxy groups -OCH3 is 1. The fourth-order valence-corrected chi connectivity index (χ4v) is 4.46. The highest BCUT2D eigenvalue weighted by atomic mass is 32.2. The van der Waals surface area contributed by atoms with Crippen LogP contribution in [0.4, 0.5) is 0 Å². The number of benzene rings is 1. The molecule has 1 aromatic heterocycles. The molecule has 1 atom stereocenters. The number of rotatable bonds is 7. The van der Waals surface area contributed by atoms with Gasteiger partial charge >= 0.3 is 0 Å². The third kappa shape index (κ3) is 4.89. The molecule has 1 aliphatic heterocycles. The van der Waals surface area contributed by atoms with Crippen molar-refractivity contribution in [3.05, 3.63) is 34.8 Å². The molecule has 1 N–H and O–H groups in total. The molecular weight excluding hydrogens is 356 g/mol. The van der Waals surface area contributed by atoms with Gasteiger partial charge in [-0.05, 0) is 23.8 Å². The van der Waals surface area contributed by atoms with E-state index in [1.165, 1.54) is 0 Å². The van der Waals surface area contributed by atoms with Gasteiger partial charge < -0.3 is 14.8 Å². The number of thioether (sulfide) groups is 1. The van der Waals surface area contributed by atoms with Gasteiger partial charge in [0.05, 0.1) is 25.8 Å². The van der Waals surface area contributed by atoms with E-state index >= 15 is 0 Å². The van der Waals surface area contributed by atoms with Crippen molar-refractivity contribution in [3.63, 3.8) is 0 Å². The fourth-order valence-electron chi connectivity index (χ4n) is 2.72. The van der Waals surface area contributed by atoms with Crippen molar-refractivity contribution in [1.82, 2.24) is 10.3 Å². The Labute approximate surface area is 156 Å². The highest BCUT2D eigenvalue weighted by Crippen LogP contribution is 2.30. The minimum atomic E-state index is 0.0128. The first-order valence-corrected chi connectivity index (χ1v) is 10.2. The largest absolute Gasteiger partial charge is 0.497 e. The number of aromatic nitrogens is 1. The molecule has 0 saturated heterocycles. The van der Waals surface area contributed by atoms with E-state index in [9.17, 15) is 4.79 Å². The van der Waals surface area contributed by atoms with Crippen LogP contribution in [0.2, 0.25) is 0 Å². The average Bonchev–Trinajstić information content (AvgIpc) is 3.06. The molecule has 1 aromatic carbocycles. The van der Waals surface area contributed by atoms with Gasteiger partial charge in [0, 0.05) is 23.9 Å². The van der Waals surface area contributed by atoms with Gasteiger partial charge in [-0.2, -0.15) is 0 Å². The summed E-state index contributed by atoms with van der Waals surface area (Å²) in [6.45, 7) is 3.32. The van der Waals surface area contributed by atoms with Crippen molar-refractivity contribution >= 4 is 29.0 Å². The lowest BCUT2D eigenvalue weighted by Gasteiger charge is -2.25. The van der Waals surface area contributed by atoms with Gasteiger partial charge in [0.2, 0.25) is 5.91 Å². The van der Waals surface area contributed by atoms with Crippen LogP contribution in [0.15, 0.2) is 27.9 Å². The highest BCUT2D eigenvalue weighted by Gasteiger charge is 2.21. The number of nitrogens with zero attached hydrogens (tertiary/aromatic N) is 1. The highest BCUT2D eigenvalue weighted by molar-refractivity contribution is 8.00. The molecule has 0 saturated carbocycles. The molecule has 2 aromatic rings. The maximum Gasteiger partial charge on any atom is 0.226 e. The van der Waals surface area contributed by atoms with Crippen LogP contribution in [0, 0.1) is 5.92 Å².